The van der Waals surface area contributed by atoms with Crippen LogP contribution in [0.25, 0.3) is 11.0 Å². The van der Waals surface area contributed by atoms with Gasteiger partial charge >= 0.3 is 0 Å². The van der Waals surface area contributed by atoms with Gasteiger partial charge in [-0.25, -0.2) is 4.63 Å². The van der Waals surface area contributed by atoms with Gasteiger partial charge in [-0.3, -0.25) is 9.69 Å². The van der Waals surface area contributed by atoms with E-state index in [-0.39, 0.29) is 17.5 Å². The summed E-state index contributed by atoms with van der Waals surface area (Å²) in [6.07, 6.45) is 3.05. The van der Waals surface area contributed by atoms with Gasteiger partial charge in [-0.15, -0.1) is 0 Å². The maximum Gasteiger partial charge on any atom is 0.247 e. The van der Waals surface area contributed by atoms with Crippen molar-refractivity contribution in [3.8, 4) is 0 Å². The first-order valence-electron chi connectivity index (χ1n) is 9.63. The number of amides is 1. The van der Waals surface area contributed by atoms with Crippen LogP contribution >= 0.6 is 0 Å². The van der Waals surface area contributed by atoms with Crippen molar-refractivity contribution in [2.45, 2.75) is 30.8 Å². The molecule has 136 valence electrons. The first kappa shape index (κ1) is 15.3. The number of hydrogen-bond acceptors (Lipinski definition) is 5. The summed E-state index contributed by atoms with van der Waals surface area (Å²) in [6, 6.07) is 16.5. The first-order chi connectivity index (χ1) is 13.3. The molecule has 3 aromatic rings. The topological polar surface area (TPSA) is 62.5 Å². The second-order valence-electron chi connectivity index (χ2n) is 7.93. The molecule has 3 aliphatic heterocycles. The zero-order valence-corrected chi connectivity index (χ0v) is 14.9. The van der Waals surface area contributed by atoms with Gasteiger partial charge in [-0.05, 0) is 65.9 Å². The molecule has 4 heterocycles. The summed E-state index contributed by atoms with van der Waals surface area (Å²) in [6.45, 7) is 1.79. The third kappa shape index (κ3) is 1.96. The van der Waals surface area contributed by atoms with E-state index in [1.807, 2.05) is 41.3 Å². The minimum absolute atomic E-state index is 0.264. The van der Waals surface area contributed by atoms with Crippen molar-refractivity contribution in [2.75, 3.05) is 18.0 Å². The molecule has 0 unspecified atom stereocenters. The monoisotopic (exact) mass is 360 g/mol. The molecule has 2 aromatic carbocycles. The summed E-state index contributed by atoms with van der Waals surface area (Å²) in [5, 5.41) is 7.90. The lowest BCUT2D eigenvalue weighted by Gasteiger charge is -2.33. The Bertz CT molecular complexity index is 1030. The number of nitrogens with zero attached hydrogens (tertiary/aromatic N) is 4. The van der Waals surface area contributed by atoms with Crippen LogP contribution in [0.3, 0.4) is 0 Å². The number of benzene rings is 2. The number of hydrogen-bond donors (Lipinski definition) is 0. The number of fused-ring (bicyclic) bond motifs is 1. The van der Waals surface area contributed by atoms with Gasteiger partial charge in [0.2, 0.25) is 5.91 Å². The molecule has 1 amide bonds. The highest BCUT2D eigenvalue weighted by atomic mass is 16.6. The molecule has 0 bridgehead atoms. The summed E-state index contributed by atoms with van der Waals surface area (Å²) < 4.78 is 4.85. The van der Waals surface area contributed by atoms with Crippen molar-refractivity contribution in [1.29, 1.82) is 0 Å². The normalized spacial score (nSPS) is 30.2. The Morgan fingerprint density at radius 1 is 1.07 bits per heavy atom. The van der Waals surface area contributed by atoms with Crippen LogP contribution in [0.5, 0.6) is 0 Å². The molecular formula is C21H20N4O2. The summed E-state index contributed by atoms with van der Waals surface area (Å²) in [5.41, 5.74) is 3.46. The van der Waals surface area contributed by atoms with Crippen molar-refractivity contribution in [1.82, 2.24) is 15.2 Å². The van der Waals surface area contributed by atoms with Crippen molar-refractivity contribution >= 4 is 22.6 Å². The molecule has 6 heteroatoms. The van der Waals surface area contributed by atoms with E-state index in [0.29, 0.717) is 5.92 Å². The Morgan fingerprint density at radius 2 is 1.93 bits per heavy atom. The highest BCUT2D eigenvalue weighted by molar-refractivity contribution is 6.03. The molecule has 27 heavy (non-hydrogen) atoms. The van der Waals surface area contributed by atoms with Gasteiger partial charge in [0.05, 0.1) is 0 Å². The van der Waals surface area contributed by atoms with E-state index in [4.69, 9.17) is 4.63 Å². The fraction of sp³-hybridized carbons (Fsp3) is 0.381. The van der Waals surface area contributed by atoms with E-state index >= 15 is 0 Å². The predicted molar refractivity (Wildman–Crippen MR) is 100 cm³/mol. The summed E-state index contributed by atoms with van der Waals surface area (Å²) in [5.74, 6) is 0.645. The molecule has 3 aliphatic rings. The van der Waals surface area contributed by atoms with Gasteiger partial charge in [-0.1, -0.05) is 24.3 Å². The van der Waals surface area contributed by atoms with Crippen LogP contribution in [0.1, 0.15) is 30.9 Å². The Labute approximate surface area is 156 Å². The number of carbonyl (C=O) groups excluding carboxylic acids is 1. The molecule has 6 nitrogen and oxygen atoms in total. The molecule has 6 rings (SSSR count). The Hall–Kier alpha value is -2.73. The lowest BCUT2D eigenvalue weighted by Crippen LogP contribution is -2.49. The maximum atomic E-state index is 13.6. The van der Waals surface area contributed by atoms with Crippen LogP contribution in [-0.2, 0) is 4.79 Å². The third-order valence-electron chi connectivity index (χ3n) is 6.78. The highest BCUT2D eigenvalue weighted by Gasteiger charge is 2.65. The van der Waals surface area contributed by atoms with Crippen molar-refractivity contribution in [3.05, 3.63) is 54.1 Å². The van der Waals surface area contributed by atoms with Gasteiger partial charge in [0.25, 0.3) is 0 Å². The lowest BCUT2D eigenvalue weighted by molar-refractivity contribution is -0.126. The minimum Gasteiger partial charge on any atom is -0.310 e. The highest BCUT2D eigenvalue weighted by Crippen LogP contribution is 2.56. The first-order valence-corrected chi connectivity index (χ1v) is 9.63. The van der Waals surface area contributed by atoms with Crippen LogP contribution in [0.4, 0.5) is 5.69 Å². The summed E-state index contributed by atoms with van der Waals surface area (Å²) >= 11 is 0. The van der Waals surface area contributed by atoms with Crippen LogP contribution in [0.15, 0.2) is 53.2 Å². The molecular weight excluding hydrogens is 340 g/mol. The van der Waals surface area contributed by atoms with E-state index in [0.717, 1.165) is 49.1 Å². The molecule has 0 N–H and O–H groups in total. The average molecular weight is 360 g/mol. The second-order valence-corrected chi connectivity index (χ2v) is 7.93. The Kier molecular flexibility index (Phi) is 3.06. The van der Waals surface area contributed by atoms with Gasteiger partial charge in [0, 0.05) is 24.2 Å². The number of rotatable bonds is 2. The SMILES string of the molecule is O=C1N(c2ccccc2)C[C@@H]2C[C@@H](c3ccc4nonc4c3)N3CCC[C@@]123. The number of aromatic nitrogens is 2. The molecule has 3 saturated heterocycles. The molecule has 3 atom stereocenters. The van der Waals surface area contributed by atoms with Gasteiger partial charge < -0.3 is 4.90 Å². The van der Waals surface area contributed by atoms with Crippen molar-refractivity contribution < 1.29 is 9.42 Å². The average Bonchev–Trinajstić information content (AvgIpc) is 3.44. The molecule has 3 fully saturated rings. The largest absolute Gasteiger partial charge is 0.310 e. The van der Waals surface area contributed by atoms with Crippen molar-refractivity contribution in [3.63, 3.8) is 0 Å². The van der Waals surface area contributed by atoms with Crippen LogP contribution in [0, 0.1) is 5.92 Å². The van der Waals surface area contributed by atoms with E-state index in [2.05, 4.69) is 27.3 Å². The second kappa shape index (κ2) is 5.39. The zero-order chi connectivity index (χ0) is 18.0. The summed E-state index contributed by atoms with van der Waals surface area (Å²) in [7, 11) is 0. The number of anilines is 1. The van der Waals surface area contributed by atoms with Crippen LogP contribution < -0.4 is 4.90 Å². The van der Waals surface area contributed by atoms with Gasteiger partial charge in [-0.2, -0.15) is 0 Å². The standard InChI is InChI=1S/C21H20N4O2/c26-20-21-9-4-10-25(21)19(14-7-8-17-18(11-14)23-27-22-17)12-15(21)13-24(20)16-5-2-1-3-6-16/h1-3,5-8,11,15,19H,4,9-10,12-13H2/t15-,19-,21-/m0/s1. The molecule has 0 saturated carbocycles. The molecule has 1 spiro atoms. The number of carbonyl (C=O) groups is 1. The zero-order valence-electron chi connectivity index (χ0n) is 14.9. The number of para-hydroxylation sites is 1. The third-order valence-corrected chi connectivity index (χ3v) is 6.78. The van der Waals surface area contributed by atoms with Gasteiger partial charge in [0.1, 0.15) is 16.6 Å². The summed E-state index contributed by atoms with van der Waals surface area (Å²) in [4.78, 5) is 18.1. The van der Waals surface area contributed by atoms with E-state index in [9.17, 15) is 4.79 Å². The van der Waals surface area contributed by atoms with Crippen molar-refractivity contribution in [2.24, 2.45) is 5.92 Å². The fourth-order valence-electron chi connectivity index (χ4n) is 5.65. The fourth-order valence-corrected chi connectivity index (χ4v) is 5.65. The lowest BCUT2D eigenvalue weighted by atomic mass is 9.85. The molecule has 1 aromatic heterocycles. The molecule has 0 radical (unpaired) electrons. The van der Waals surface area contributed by atoms with E-state index in [1.165, 1.54) is 5.56 Å². The minimum atomic E-state index is -0.336. The van der Waals surface area contributed by atoms with Crippen LogP contribution in [0.2, 0.25) is 0 Å². The van der Waals surface area contributed by atoms with Crippen LogP contribution in [-0.4, -0.2) is 39.7 Å². The Morgan fingerprint density at radius 3 is 2.81 bits per heavy atom. The van der Waals surface area contributed by atoms with Gasteiger partial charge in [0.15, 0.2) is 0 Å². The Balaban J connectivity index is 1.38. The quantitative estimate of drug-likeness (QED) is 0.702. The molecule has 0 aliphatic carbocycles. The smallest absolute Gasteiger partial charge is 0.247 e. The predicted octanol–water partition coefficient (Wildman–Crippen LogP) is 3.17. The van der Waals surface area contributed by atoms with E-state index in [1.54, 1.807) is 0 Å². The maximum absolute atomic E-state index is 13.6. The van der Waals surface area contributed by atoms with E-state index < -0.39 is 0 Å².